The maximum absolute atomic E-state index is 11.8. The highest BCUT2D eigenvalue weighted by Gasteiger charge is 2.15. The topological polar surface area (TPSA) is 115 Å². The largest absolute Gasteiger partial charge is 0.288 e. The zero-order valence-electron chi connectivity index (χ0n) is 10.0. The average molecular weight is 272 g/mol. The van der Waals surface area contributed by atoms with E-state index in [0.717, 1.165) is 18.5 Å². The van der Waals surface area contributed by atoms with Crippen LogP contribution in [0.3, 0.4) is 0 Å². The van der Waals surface area contributed by atoms with Crippen molar-refractivity contribution in [1.29, 1.82) is 0 Å². The lowest BCUT2D eigenvalue weighted by Gasteiger charge is -2.03. The molecular weight excluding hydrogens is 264 g/mol. The molecule has 0 saturated carbocycles. The van der Waals surface area contributed by atoms with Crippen LogP contribution in [0, 0.1) is 10.1 Å². The number of nitrogens with zero attached hydrogens (tertiary/aromatic N) is 3. The Morgan fingerprint density at radius 2 is 1.70 bits per heavy atom. The predicted molar refractivity (Wildman–Crippen MR) is 66.9 cm³/mol. The molecule has 0 aromatic carbocycles. The molecule has 1 N–H and O–H groups in total. The fourth-order valence-electron chi connectivity index (χ4n) is 1.40. The summed E-state index contributed by atoms with van der Waals surface area (Å²) in [6, 6.07) is 3.92. The van der Waals surface area contributed by atoms with E-state index in [4.69, 9.17) is 0 Å². The van der Waals surface area contributed by atoms with E-state index in [-0.39, 0.29) is 16.8 Å². The molecule has 2 aromatic rings. The molecule has 20 heavy (non-hydrogen) atoms. The lowest BCUT2D eigenvalue weighted by molar-refractivity contribution is -0.385. The van der Waals surface area contributed by atoms with Gasteiger partial charge < -0.3 is 0 Å². The SMILES string of the molecule is O=C(NC(=O)c1cncc([N+](=O)[O-])c1)c1ccncc1. The van der Waals surface area contributed by atoms with Gasteiger partial charge in [0.15, 0.2) is 0 Å². The van der Waals surface area contributed by atoms with E-state index >= 15 is 0 Å². The van der Waals surface area contributed by atoms with Crippen molar-refractivity contribution in [3.8, 4) is 0 Å². The summed E-state index contributed by atoms with van der Waals surface area (Å²) in [5.74, 6) is -1.38. The van der Waals surface area contributed by atoms with Crippen molar-refractivity contribution < 1.29 is 14.5 Å². The van der Waals surface area contributed by atoms with Gasteiger partial charge in [-0.25, -0.2) is 0 Å². The molecule has 0 fully saturated rings. The minimum atomic E-state index is -0.761. The second-order valence-electron chi connectivity index (χ2n) is 3.71. The van der Waals surface area contributed by atoms with Crippen LogP contribution in [-0.4, -0.2) is 26.7 Å². The van der Waals surface area contributed by atoms with E-state index in [1.165, 1.54) is 24.5 Å². The number of hydrogen-bond donors (Lipinski definition) is 1. The number of carbonyl (C=O) groups is 2. The summed E-state index contributed by atoms with van der Waals surface area (Å²) in [6.07, 6.45) is 4.98. The number of imide groups is 1. The molecule has 0 bridgehead atoms. The number of hydrogen-bond acceptors (Lipinski definition) is 6. The average Bonchev–Trinajstić information content (AvgIpc) is 2.48. The zero-order chi connectivity index (χ0) is 14.5. The van der Waals surface area contributed by atoms with Crippen LogP contribution in [0.15, 0.2) is 43.0 Å². The minimum absolute atomic E-state index is 0.0680. The maximum Gasteiger partial charge on any atom is 0.288 e. The fourth-order valence-corrected chi connectivity index (χ4v) is 1.40. The van der Waals surface area contributed by atoms with Crippen molar-refractivity contribution in [1.82, 2.24) is 15.3 Å². The summed E-state index contributed by atoms with van der Waals surface area (Å²) in [5.41, 5.74) is -0.137. The van der Waals surface area contributed by atoms with Gasteiger partial charge in [-0.15, -0.1) is 0 Å². The third-order valence-corrected chi connectivity index (χ3v) is 2.37. The Morgan fingerprint density at radius 1 is 1.05 bits per heavy atom. The van der Waals surface area contributed by atoms with Crippen LogP contribution in [0.25, 0.3) is 0 Å². The van der Waals surface area contributed by atoms with Crippen LogP contribution in [0.4, 0.5) is 5.69 Å². The van der Waals surface area contributed by atoms with Gasteiger partial charge in [0.2, 0.25) is 0 Å². The number of amides is 2. The zero-order valence-corrected chi connectivity index (χ0v) is 10.0. The quantitative estimate of drug-likeness (QED) is 0.505. The highest BCUT2D eigenvalue weighted by Crippen LogP contribution is 2.11. The molecule has 8 nitrogen and oxygen atoms in total. The van der Waals surface area contributed by atoms with E-state index in [9.17, 15) is 19.7 Å². The van der Waals surface area contributed by atoms with Crippen LogP contribution in [0.1, 0.15) is 20.7 Å². The molecule has 0 aliphatic rings. The van der Waals surface area contributed by atoms with Crippen molar-refractivity contribution in [2.45, 2.75) is 0 Å². The van der Waals surface area contributed by atoms with Crippen molar-refractivity contribution in [2.24, 2.45) is 0 Å². The number of pyridine rings is 2. The molecule has 0 aliphatic heterocycles. The number of rotatable bonds is 3. The molecule has 0 radical (unpaired) electrons. The molecule has 100 valence electrons. The first-order chi connectivity index (χ1) is 9.58. The highest BCUT2D eigenvalue weighted by molar-refractivity contribution is 6.10. The van der Waals surface area contributed by atoms with Crippen molar-refractivity contribution in [3.05, 3.63) is 64.2 Å². The molecule has 0 aliphatic carbocycles. The third kappa shape index (κ3) is 2.99. The lowest BCUT2D eigenvalue weighted by atomic mass is 10.2. The second-order valence-corrected chi connectivity index (χ2v) is 3.71. The van der Waals surface area contributed by atoms with Gasteiger partial charge in [0.05, 0.1) is 10.5 Å². The lowest BCUT2D eigenvalue weighted by Crippen LogP contribution is -2.30. The van der Waals surface area contributed by atoms with Gasteiger partial charge in [-0.05, 0) is 12.1 Å². The Hall–Kier alpha value is -3.16. The highest BCUT2D eigenvalue weighted by atomic mass is 16.6. The molecule has 0 saturated heterocycles. The van der Waals surface area contributed by atoms with Gasteiger partial charge in [0.1, 0.15) is 6.20 Å². The van der Waals surface area contributed by atoms with Crippen LogP contribution in [0.2, 0.25) is 0 Å². The van der Waals surface area contributed by atoms with E-state index in [2.05, 4.69) is 15.3 Å². The molecule has 2 amide bonds. The first-order valence-corrected chi connectivity index (χ1v) is 5.43. The summed E-state index contributed by atoms with van der Waals surface area (Å²) in [6.45, 7) is 0. The number of aromatic nitrogens is 2. The Bertz CT molecular complexity index is 672. The second kappa shape index (κ2) is 5.65. The van der Waals surface area contributed by atoms with E-state index in [1.807, 2.05) is 0 Å². The normalized spacial score (nSPS) is 9.80. The molecule has 2 aromatic heterocycles. The predicted octanol–water partition coefficient (Wildman–Crippen LogP) is 0.955. The fraction of sp³-hybridized carbons (Fsp3) is 0. The van der Waals surface area contributed by atoms with Gasteiger partial charge in [-0.3, -0.25) is 35.0 Å². The number of nitrogens with one attached hydrogen (secondary N) is 1. The van der Waals surface area contributed by atoms with Crippen LogP contribution in [-0.2, 0) is 0 Å². The molecule has 0 unspecified atom stereocenters. The van der Waals surface area contributed by atoms with Gasteiger partial charge in [-0.2, -0.15) is 0 Å². The molecule has 0 atom stereocenters. The molecule has 8 heteroatoms. The molecular formula is C12H8N4O4. The number of nitro groups is 1. The Labute approximate surface area is 112 Å². The van der Waals surface area contributed by atoms with E-state index in [0.29, 0.717) is 0 Å². The Morgan fingerprint density at radius 3 is 2.35 bits per heavy atom. The van der Waals surface area contributed by atoms with Gasteiger partial charge in [0.25, 0.3) is 17.5 Å². The van der Waals surface area contributed by atoms with E-state index < -0.39 is 16.7 Å². The van der Waals surface area contributed by atoms with Crippen LogP contribution in [0.5, 0.6) is 0 Å². The molecule has 0 spiro atoms. The summed E-state index contributed by atoms with van der Waals surface area (Å²) < 4.78 is 0. The summed E-state index contributed by atoms with van der Waals surface area (Å²) in [5, 5.41) is 12.7. The van der Waals surface area contributed by atoms with Gasteiger partial charge >= 0.3 is 0 Å². The molecule has 2 rings (SSSR count). The van der Waals surface area contributed by atoms with Crippen molar-refractivity contribution in [2.75, 3.05) is 0 Å². The van der Waals surface area contributed by atoms with Crippen LogP contribution >= 0.6 is 0 Å². The Balaban J connectivity index is 2.15. The molecule has 2 heterocycles. The monoisotopic (exact) mass is 272 g/mol. The van der Waals surface area contributed by atoms with Crippen LogP contribution < -0.4 is 5.32 Å². The number of carbonyl (C=O) groups excluding carboxylic acids is 2. The minimum Gasteiger partial charge on any atom is -0.288 e. The van der Waals surface area contributed by atoms with Gasteiger partial charge in [0, 0.05) is 30.2 Å². The van der Waals surface area contributed by atoms with E-state index in [1.54, 1.807) is 0 Å². The first kappa shape index (κ1) is 13.3. The summed E-state index contributed by atoms with van der Waals surface area (Å²) in [7, 11) is 0. The standard InChI is InChI=1S/C12H8N4O4/c17-11(8-1-3-13-4-2-8)15-12(18)9-5-10(16(19)20)7-14-6-9/h1-7H,(H,15,17,18). The maximum atomic E-state index is 11.8. The van der Waals surface area contributed by atoms with Crippen molar-refractivity contribution >= 4 is 17.5 Å². The van der Waals surface area contributed by atoms with Crippen molar-refractivity contribution in [3.63, 3.8) is 0 Å². The Kier molecular flexibility index (Phi) is 3.75. The summed E-state index contributed by atoms with van der Waals surface area (Å²) >= 11 is 0. The smallest absolute Gasteiger partial charge is 0.288 e. The third-order valence-electron chi connectivity index (χ3n) is 2.37. The first-order valence-electron chi connectivity index (χ1n) is 5.43. The van der Waals surface area contributed by atoms with Gasteiger partial charge in [-0.1, -0.05) is 0 Å². The summed E-state index contributed by atoms with van der Waals surface area (Å²) in [4.78, 5) is 40.8.